The van der Waals surface area contributed by atoms with Crippen molar-refractivity contribution >= 4 is 5.91 Å². The quantitative estimate of drug-likeness (QED) is 0.397. The Morgan fingerprint density at radius 3 is 2.50 bits per heavy atom. The van der Waals surface area contributed by atoms with Crippen LogP contribution in [0.4, 0.5) is 0 Å². The number of primary amides is 1. The van der Waals surface area contributed by atoms with E-state index >= 15 is 0 Å². The summed E-state index contributed by atoms with van der Waals surface area (Å²) in [6.07, 6.45) is 2.46. The van der Waals surface area contributed by atoms with Crippen molar-refractivity contribution in [3.63, 3.8) is 0 Å². The smallest absolute Gasteiger partial charge is 0.262 e. The van der Waals surface area contributed by atoms with Crippen LogP contribution >= 0.6 is 0 Å². The first kappa shape index (κ1) is 12.5. The molecule has 0 heterocycles. The van der Waals surface area contributed by atoms with Crippen molar-refractivity contribution < 1.29 is 9.53 Å². The number of nitrogens with two attached hydrogens (primary N) is 1. The van der Waals surface area contributed by atoms with Crippen LogP contribution in [0, 0.1) is 11.3 Å². The highest BCUT2D eigenvalue weighted by atomic mass is 16.5. The first-order valence-electron chi connectivity index (χ1n) is 4.73. The number of nitrogens with zero attached hydrogens (tertiary/aromatic N) is 1. The average Bonchev–Trinajstić information content (AvgIpc) is 2.14. The fourth-order valence-electron chi connectivity index (χ4n) is 1.04. The molecule has 1 amide bonds. The van der Waals surface area contributed by atoms with Crippen molar-refractivity contribution in [3.05, 3.63) is 11.3 Å². The molecule has 0 radical (unpaired) electrons. The normalized spacial score (nSPS) is 11.5. The summed E-state index contributed by atoms with van der Waals surface area (Å²) in [6.45, 7) is 4.28. The van der Waals surface area contributed by atoms with Crippen molar-refractivity contribution in [2.75, 3.05) is 6.61 Å². The van der Waals surface area contributed by atoms with E-state index in [-0.39, 0.29) is 5.57 Å². The van der Waals surface area contributed by atoms with Gasteiger partial charge in [-0.2, -0.15) is 5.26 Å². The van der Waals surface area contributed by atoms with Crippen LogP contribution in [0.3, 0.4) is 0 Å². The van der Waals surface area contributed by atoms with Crippen LogP contribution in [0.5, 0.6) is 0 Å². The van der Waals surface area contributed by atoms with E-state index in [9.17, 15) is 4.79 Å². The maximum atomic E-state index is 10.9. The molecule has 0 saturated heterocycles. The maximum Gasteiger partial charge on any atom is 0.262 e. The van der Waals surface area contributed by atoms with Crippen molar-refractivity contribution in [1.82, 2.24) is 0 Å². The number of hydrogen-bond acceptors (Lipinski definition) is 3. The molecule has 0 unspecified atom stereocenters. The van der Waals surface area contributed by atoms with Crippen molar-refractivity contribution in [2.45, 2.75) is 33.1 Å². The molecule has 4 nitrogen and oxygen atoms in total. The zero-order valence-corrected chi connectivity index (χ0v) is 8.67. The second-order valence-corrected chi connectivity index (χ2v) is 2.81. The van der Waals surface area contributed by atoms with Crippen LogP contribution < -0.4 is 5.73 Å². The van der Waals surface area contributed by atoms with Gasteiger partial charge in [-0.1, -0.05) is 13.3 Å². The summed E-state index contributed by atoms with van der Waals surface area (Å²) in [6, 6.07) is 1.78. The van der Waals surface area contributed by atoms with E-state index in [1.807, 2.05) is 13.8 Å². The van der Waals surface area contributed by atoms with Gasteiger partial charge >= 0.3 is 0 Å². The Labute approximate surface area is 84.3 Å². The Morgan fingerprint density at radius 1 is 1.50 bits per heavy atom. The number of ether oxygens (including phenoxy) is 1. The Bertz CT molecular complexity index is 264. The molecule has 0 aliphatic carbocycles. The number of hydrogen-bond donors (Lipinski definition) is 1. The Kier molecular flexibility index (Phi) is 6.21. The van der Waals surface area contributed by atoms with E-state index in [1.54, 1.807) is 6.07 Å². The van der Waals surface area contributed by atoms with Gasteiger partial charge in [0.2, 0.25) is 0 Å². The Balaban J connectivity index is 4.72. The fourth-order valence-corrected chi connectivity index (χ4v) is 1.04. The molecule has 2 N–H and O–H groups in total. The van der Waals surface area contributed by atoms with Crippen LogP contribution in [0.15, 0.2) is 11.3 Å². The highest BCUT2D eigenvalue weighted by Gasteiger charge is 2.12. The van der Waals surface area contributed by atoms with Gasteiger partial charge in [-0.05, 0) is 13.3 Å². The Hall–Kier alpha value is -1.50. The first-order chi connectivity index (χ1) is 6.67. The monoisotopic (exact) mass is 196 g/mol. The number of allylic oxidation sites excluding steroid dienone is 1. The van der Waals surface area contributed by atoms with Gasteiger partial charge in [0.25, 0.3) is 5.91 Å². The van der Waals surface area contributed by atoms with E-state index in [0.717, 1.165) is 12.8 Å². The first-order valence-corrected chi connectivity index (χ1v) is 4.73. The molecule has 0 bridgehead atoms. The van der Waals surface area contributed by atoms with Gasteiger partial charge in [0.05, 0.1) is 6.61 Å². The van der Waals surface area contributed by atoms with E-state index in [0.29, 0.717) is 18.8 Å². The minimum Gasteiger partial charge on any atom is -0.497 e. The average molecular weight is 196 g/mol. The molecule has 0 aliphatic rings. The number of amides is 1. The highest BCUT2D eigenvalue weighted by Crippen LogP contribution is 2.13. The van der Waals surface area contributed by atoms with Gasteiger partial charge in [-0.3, -0.25) is 4.79 Å². The minimum absolute atomic E-state index is 0.0553. The second-order valence-electron chi connectivity index (χ2n) is 2.81. The number of carbonyl (C=O) groups is 1. The molecule has 0 aromatic carbocycles. The summed E-state index contributed by atoms with van der Waals surface area (Å²) < 4.78 is 5.21. The maximum absolute atomic E-state index is 10.9. The third-order valence-electron chi connectivity index (χ3n) is 1.71. The van der Waals surface area contributed by atoms with Gasteiger partial charge in [-0.25, -0.2) is 0 Å². The Morgan fingerprint density at radius 2 is 2.14 bits per heavy atom. The third kappa shape index (κ3) is 3.94. The van der Waals surface area contributed by atoms with Gasteiger partial charge in [0.15, 0.2) is 5.57 Å². The largest absolute Gasteiger partial charge is 0.497 e. The number of carbonyl (C=O) groups excluding carboxylic acids is 1. The molecular formula is C10H16N2O2. The van der Waals surface area contributed by atoms with Crippen LogP contribution in [-0.2, 0) is 9.53 Å². The number of unbranched alkanes of at least 4 members (excludes halogenated alkanes) is 1. The van der Waals surface area contributed by atoms with E-state index in [2.05, 4.69) is 0 Å². The zero-order valence-electron chi connectivity index (χ0n) is 8.67. The second kappa shape index (κ2) is 6.96. The minimum atomic E-state index is -0.716. The van der Waals surface area contributed by atoms with Gasteiger partial charge in [0.1, 0.15) is 11.8 Å². The molecule has 4 heteroatoms. The summed E-state index contributed by atoms with van der Waals surface area (Å²) in [5.74, 6) is -0.295. The molecule has 0 fully saturated rings. The third-order valence-corrected chi connectivity index (χ3v) is 1.71. The lowest BCUT2D eigenvalue weighted by molar-refractivity contribution is -0.114. The van der Waals surface area contributed by atoms with E-state index in [1.165, 1.54) is 0 Å². The van der Waals surface area contributed by atoms with E-state index in [4.69, 9.17) is 15.7 Å². The van der Waals surface area contributed by atoms with Crippen LogP contribution in [0.25, 0.3) is 0 Å². The summed E-state index contributed by atoms with van der Waals surface area (Å²) in [7, 11) is 0. The fraction of sp³-hybridized carbons (Fsp3) is 0.600. The van der Waals surface area contributed by atoms with Crippen LogP contribution in [0.1, 0.15) is 33.1 Å². The molecule has 78 valence electrons. The zero-order chi connectivity index (χ0) is 11.0. The molecular weight excluding hydrogens is 180 g/mol. The molecule has 0 rings (SSSR count). The number of rotatable bonds is 6. The lowest BCUT2D eigenvalue weighted by Crippen LogP contribution is -2.16. The molecule has 0 saturated carbocycles. The van der Waals surface area contributed by atoms with Crippen LogP contribution in [-0.4, -0.2) is 12.5 Å². The molecule has 0 spiro atoms. The standard InChI is InChI=1S/C10H16N2O2/c1-3-5-6-9(14-4-2)8(7-11)10(12)13/h3-6H2,1-2H3,(H2,12,13)/b9-8+. The van der Waals surface area contributed by atoms with Gasteiger partial charge in [-0.15, -0.1) is 0 Å². The lowest BCUT2D eigenvalue weighted by atomic mass is 10.1. The molecule has 0 aromatic rings. The van der Waals surface area contributed by atoms with Crippen molar-refractivity contribution in [2.24, 2.45) is 5.73 Å². The molecule has 0 aromatic heterocycles. The highest BCUT2D eigenvalue weighted by molar-refractivity contribution is 5.96. The predicted octanol–water partition coefficient (Wildman–Crippen LogP) is 1.48. The lowest BCUT2D eigenvalue weighted by Gasteiger charge is -2.08. The summed E-state index contributed by atoms with van der Waals surface area (Å²) >= 11 is 0. The van der Waals surface area contributed by atoms with Crippen molar-refractivity contribution in [1.29, 1.82) is 5.26 Å². The summed E-state index contributed by atoms with van der Waals surface area (Å²) in [4.78, 5) is 10.9. The molecule has 0 aliphatic heterocycles. The summed E-state index contributed by atoms with van der Waals surface area (Å²) in [5, 5.41) is 8.70. The van der Waals surface area contributed by atoms with Crippen molar-refractivity contribution in [3.8, 4) is 6.07 Å². The van der Waals surface area contributed by atoms with Crippen LogP contribution in [0.2, 0.25) is 0 Å². The predicted molar refractivity (Wildman–Crippen MR) is 53.0 cm³/mol. The SMILES string of the molecule is CCCC/C(OCC)=C(/C#N)C(N)=O. The summed E-state index contributed by atoms with van der Waals surface area (Å²) in [5.41, 5.74) is 5.00. The molecule has 0 atom stereocenters. The topological polar surface area (TPSA) is 76.1 Å². The molecule has 14 heavy (non-hydrogen) atoms. The van der Waals surface area contributed by atoms with Gasteiger partial charge in [0, 0.05) is 6.42 Å². The van der Waals surface area contributed by atoms with Gasteiger partial charge < -0.3 is 10.5 Å². The van der Waals surface area contributed by atoms with E-state index < -0.39 is 5.91 Å². The number of nitriles is 1.